The first-order valence-electron chi connectivity index (χ1n) is 14.9. The average molecular weight is 567 g/mol. The molecule has 0 fully saturated rings. The van der Waals surface area contributed by atoms with Gasteiger partial charge in [-0.15, -0.1) is 13.2 Å². The van der Waals surface area contributed by atoms with Crippen molar-refractivity contribution in [3.8, 4) is 5.75 Å². The van der Waals surface area contributed by atoms with Crippen LogP contribution in [0.2, 0.25) is 0 Å². The van der Waals surface area contributed by atoms with E-state index in [-0.39, 0.29) is 11.3 Å². The Kier molecular flexibility index (Phi) is 10.7. The maximum absolute atomic E-state index is 13.0. The van der Waals surface area contributed by atoms with Crippen molar-refractivity contribution in [3.05, 3.63) is 125 Å². The summed E-state index contributed by atoms with van der Waals surface area (Å²) in [5, 5.41) is 0. The van der Waals surface area contributed by atoms with Gasteiger partial charge in [-0.25, -0.2) is 9.59 Å². The van der Waals surface area contributed by atoms with Crippen molar-refractivity contribution in [2.75, 3.05) is 0 Å². The van der Waals surface area contributed by atoms with Gasteiger partial charge >= 0.3 is 11.9 Å². The minimum atomic E-state index is -0.552. The summed E-state index contributed by atoms with van der Waals surface area (Å²) in [5.41, 5.74) is 6.22. The molecule has 3 rings (SSSR count). The van der Waals surface area contributed by atoms with Gasteiger partial charge in [-0.3, -0.25) is 0 Å². The van der Waals surface area contributed by atoms with E-state index in [9.17, 15) is 9.59 Å². The first-order chi connectivity index (χ1) is 19.9. The van der Waals surface area contributed by atoms with E-state index in [4.69, 9.17) is 9.47 Å². The largest absolute Gasteiger partial charge is 0.456 e. The Bertz CT molecular complexity index is 1430. The molecular formula is C38H46O4. The second kappa shape index (κ2) is 13.8. The number of carbonyl (C=O) groups is 2. The topological polar surface area (TPSA) is 52.6 Å². The molecule has 42 heavy (non-hydrogen) atoms. The van der Waals surface area contributed by atoms with Gasteiger partial charge in [0, 0.05) is 5.92 Å². The van der Waals surface area contributed by atoms with Crippen molar-refractivity contribution in [2.45, 2.75) is 91.1 Å². The zero-order valence-corrected chi connectivity index (χ0v) is 26.4. The van der Waals surface area contributed by atoms with Crippen molar-refractivity contribution in [3.63, 3.8) is 0 Å². The van der Waals surface area contributed by atoms with Gasteiger partial charge < -0.3 is 9.47 Å². The molecule has 0 bridgehead atoms. The van der Waals surface area contributed by atoms with Gasteiger partial charge in [-0.2, -0.15) is 0 Å². The van der Waals surface area contributed by atoms with Crippen LogP contribution in [0.5, 0.6) is 5.75 Å². The van der Waals surface area contributed by atoms with Gasteiger partial charge in [0.2, 0.25) is 0 Å². The molecule has 0 aliphatic rings. The predicted molar refractivity (Wildman–Crippen MR) is 173 cm³/mol. The van der Waals surface area contributed by atoms with Crippen molar-refractivity contribution in [2.24, 2.45) is 0 Å². The van der Waals surface area contributed by atoms with Gasteiger partial charge in [-0.05, 0) is 103 Å². The fourth-order valence-electron chi connectivity index (χ4n) is 4.82. The van der Waals surface area contributed by atoms with Gasteiger partial charge in [0.25, 0.3) is 0 Å². The highest BCUT2D eigenvalue weighted by Gasteiger charge is 2.24. The van der Waals surface area contributed by atoms with Crippen LogP contribution >= 0.6 is 0 Å². The normalized spacial score (nSPS) is 12.4. The number of benzene rings is 3. The lowest BCUT2D eigenvalue weighted by Crippen LogP contribution is -2.27. The van der Waals surface area contributed by atoms with Crippen LogP contribution in [0, 0.1) is 0 Å². The number of hydrogen-bond donors (Lipinski definition) is 0. The molecule has 3 aromatic carbocycles. The van der Waals surface area contributed by atoms with Gasteiger partial charge in [0.05, 0.1) is 11.1 Å². The number of carbonyl (C=O) groups excluding carboxylic acids is 2. The number of ether oxygens (including phenoxy) is 2. The molecule has 0 N–H and O–H groups in total. The summed E-state index contributed by atoms with van der Waals surface area (Å²) in [6.45, 7) is 22.6. The summed E-state index contributed by atoms with van der Waals surface area (Å²) in [5.74, 6) is -0.264. The minimum Gasteiger partial charge on any atom is -0.456 e. The predicted octanol–water partition coefficient (Wildman–Crippen LogP) is 9.55. The van der Waals surface area contributed by atoms with Crippen LogP contribution in [0.15, 0.2) is 86.0 Å². The Labute approximate surface area is 252 Å². The lowest BCUT2D eigenvalue weighted by atomic mass is 9.77. The zero-order valence-electron chi connectivity index (χ0n) is 26.4. The molecule has 1 atom stereocenters. The van der Waals surface area contributed by atoms with Crippen LogP contribution in [-0.2, 0) is 23.0 Å². The first-order valence-corrected chi connectivity index (χ1v) is 14.9. The smallest absolute Gasteiger partial charge is 0.343 e. The molecule has 0 saturated heterocycles. The zero-order chi connectivity index (χ0) is 31.1. The SMILES string of the molecule is C=CCc1cc(C(C)c2ccc(C(C)(C)CC)c(CC=C)c2)ccc1OC(=O)c1ccc(C(=O)OC(C)(C)CC)cc1. The van der Waals surface area contributed by atoms with Crippen LogP contribution in [0.3, 0.4) is 0 Å². The fraction of sp³-hybridized carbons (Fsp3) is 0.368. The third kappa shape index (κ3) is 7.88. The van der Waals surface area contributed by atoms with E-state index in [1.54, 1.807) is 24.3 Å². The lowest BCUT2D eigenvalue weighted by Gasteiger charge is -2.27. The highest BCUT2D eigenvalue weighted by molar-refractivity contribution is 5.94. The van der Waals surface area contributed by atoms with Crippen molar-refractivity contribution >= 4 is 11.9 Å². The highest BCUT2D eigenvalue weighted by Crippen LogP contribution is 2.35. The van der Waals surface area contributed by atoms with Gasteiger partial charge in [-0.1, -0.05) is 77.1 Å². The number of allylic oxidation sites excluding steroid dienone is 2. The second-order valence-electron chi connectivity index (χ2n) is 12.2. The molecular weight excluding hydrogens is 520 g/mol. The first kappa shape index (κ1) is 32.6. The Balaban J connectivity index is 1.83. The summed E-state index contributed by atoms with van der Waals surface area (Å²) in [6, 6.07) is 19.1. The molecule has 0 amide bonds. The molecule has 4 heteroatoms. The quantitative estimate of drug-likeness (QED) is 0.117. The van der Waals surface area contributed by atoms with Crippen molar-refractivity contribution < 1.29 is 19.1 Å². The Morgan fingerprint density at radius 2 is 1.29 bits per heavy atom. The number of esters is 2. The summed E-state index contributed by atoms with van der Waals surface area (Å²) >= 11 is 0. The molecule has 0 spiro atoms. The molecule has 0 aliphatic heterocycles. The molecule has 0 heterocycles. The average Bonchev–Trinajstić information content (AvgIpc) is 2.97. The standard InChI is InChI=1S/C38H46O4/c1-10-14-31-24-29(20-22-33(31)37(6,7)12-3)26(5)30-21-23-34(32(25-30)15-11-2)41-35(39)27-16-18-28(19-17-27)36(40)42-38(8,9)13-4/h10-11,16-26H,1-2,12-15H2,3-9H3. The van der Waals surface area contributed by atoms with Crippen LogP contribution in [0.25, 0.3) is 0 Å². The molecule has 0 aromatic heterocycles. The molecule has 3 aromatic rings. The van der Waals surface area contributed by atoms with Crippen molar-refractivity contribution in [1.29, 1.82) is 0 Å². The van der Waals surface area contributed by atoms with E-state index in [2.05, 4.69) is 65.1 Å². The third-order valence-electron chi connectivity index (χ3n) is 8.33. The summed E-state index contributed by atoms with van der Waals surface area (Å²) in [7, 11) is 0. The molecule has 1 unspecified atom stereocenters. The van der Waals surface area contributed by atoms with E-state index < -0.39 is 17.5 Å². The minimum absolute atomic E-state index is 0.0956. The number of hydrogen-bond acceptors (Lipinski definition) is 4. The monoisotopic (exact) mass is 566 g/mol. The maximum Gasteiger partial charge on any atom is 0.343 e. The summed E-state index contributed by atoms with van der Waals surface area (Å²) < 4.78 is 11.4. The maximum atomic E-state index is 13.0. The second-order valence-corrected chi connectivity index (χ2v) is 12.2. The Morgan fingerprint density at radius 1 is 0.762 bits per heavy atom. The molecule has 0 radical (unpaired) electrons. The van der Waals surface area contributed by atoms with E-state index in [0.717, 1.165) is 24.0 Å². The molecule has 0 saturated carbocycles. The van der Waals surface area contributed by atoms with E-state index >= 15 is 0 Å². The van der Waals surface area contributed by atoms with Crippen LogP contribution in [-0.4, -0.2) is 17.5 Å². The summed E-state index contributed by atoms with van der Waals surface area (Å²) in [6.07, 6.45) is 6.93. The van der Waals surface area contributed by atoms with Gasteiger partial charge in [0.1, 0.15) is 11.4 Å². The fourth-order valence-corrected chi connectivity index (χ4v) is 4.82. The molecule has 0 aliphatic carbocycles. The van der Waals surface area contributed by atoms with Gasteiger partial charge in [0.15, 0.2) is 0 Å². The van der Waals surface area contributed by atoms with E-state index in [1.165, 1.54) is 16.7 Å². The highest BCUT2D eigenvalue weighted by atomic mass is 16.6. The number of rotatable bonds is 13. The Morgan fingerprint density at radius 3 is 1.83 bits per heavy atom. The summed E-state index contributed by atoms with van der Waals surface area (Å²) in [4.78, 5) is 25.5. The van der Waals surface area contributed by atoms with Crippen LogP contribution in [0.4, 0.5) is 0 Å². The molecule has 222 valence electrons. The van der Waals surface area contributed by atoms with Crippen LogP contribution in [0.1, 0.15) is 116 Å². The third-order valence-corrected chi connectivity index (χ3v) is 8.33. The lowest BCUT2D eigenvalue weighted by molar-refractivity contribution is -0.00246. The van der Waals surface area contributed by atoms with E-state index in [1.807, 2.05) is 45.1 Å². The van der Waals surface area contributed by atoms with Crippen molar-refractivity contribution in [1.82, 2.24) is 0 Å². The molecule has 4 nitrogen and oxygen atoms in total. The van der Waals surface area contributed by atoms with E-state index in [0.29, 0.717) is 29.7 Å². The van der Waals surface area contributed by atoms with Crippen LogP contribution < -0.4 is 4.74 Å². The Hall–Kier alpha value is -3.92.